The normalized spacial score (nSPS) is 11.2. The molecule has 0 aliphatic carbocycles. The highest BCUT2D eigenvalue weighted by Gasteiger charge is 2.12. The van der Waals surface area contributed by atoms with Gasteiger partial charge in [0.05, 0.1) is 12.1 Å². The summed E-state index contributed by atoms with van der Waals surface area (Å²) >= 11 is 0. The molecule has 2 heterocycles. The number of nitrogens with zero attached hydrogens (tertiary/aromatic N) is 3. The summed E-state index contributed by atoms with van der Waals surface area (Å²) in [5.41, 5.74) is 3.68. The molecule has 1 N–H and O–H groups in total. The molecule has 0 fully saturated rings. The first-order valence-corrected chi connectivity index (χ1v) is 8.23. The fraction of sp³-hybridized carbons (Fsp3) is 0.211. The minimum atomic E-state index is -0.386. The second kappa shape index (κ2) is 6.39. The van der Waals surface area contributed by atoms with Gasteiger partial charge in [-0.05, 0) is 36.6 Å². The number of fused-ring (bicyclic) bond motifs is 1. The number of benzene rings is 2. The Hall–Kier alpha value is -3.15. The minimum Gasteiger partial charge on any atom is -0.408 e. The van der Waals surface area contributed by atoms with E-state index in [2.05, 4.69) is 27.3 Å². The molecular formula is C19H18N4O2. The molecule has 0 radical (unpaired) electrons. The molecule has 4 rings (SSSR count). The molecular weight excluding hydrogens is 316 g/mol. The lowest BCUT2D eigenvalue weighted by Crippen LogP contribution is -2.15. The van der Waals surface area contributed by atoms with E-state index in [1.165, 1.54) is 5.56 Å². The number of aromatic nitrogens is 4. The van der Waals surface area contributed by atoms with Crippen molar-refractivity contribution < 1.29 is 4.42 Å². The first-order valence-electron chi connectivity index (χ1n) is 8.23. The van der Waals surface area contributed by atoms with Gasteiger partial charge in [0.25, 0.3) is 0 Å². The summed E-state index contributed by atoms with van der Waals surface area (Å²) in [5.74, 6) is 1.01. The summed E-state index contributed by atoms with van der Waals surface area (Å²) in [6, 6.07) is 15.9. The highest BCUT2D eigenvalue weighted by Crippen LogP contribution is 2.15. The van der Waals surface area contributed by atoms with Gasteiger partial charge < -0.3 is 4.42 Å². The Kier molecular flexibility index (Phi) is 3.93. The molecule has 0 saturated heterocycles. The van der Waals surface area contributed by atoms with Crippen molar-refractivity contribution in [2.45, 2.75) is 26.3 Å². The molecule has 25 heavy (non-hydrogen) atoms. The number of nitrogens with one attached hydrogen (secondary N) is 1. The summed E-state index contributed by atoms with van der Waals surface area (Å²) in [5, 5.41) is 7.18. The van der Waals surface area contributed by atoms with Gasteiger partial charge in [-0.3, -0.25) is 9.67 Å². The number of aromatic amines is 1. The predicted octanol–water partition coefficient (Wildman–Crippen LogP) is 2.85. The van der Waals surface area contributed by atoms with E-state index in [-0.39, 0.29) is 5.76 Å². The van der Waals surface area contributed by atoms with Gasteiger partial charge in [-0.25, -0.2) is 9.78 Å². The van der Waals surface area contributed by atoms with Crippen LogP contribution in [0, 0.1) is 6.92 Å². The van der Waals surface area contributed by atoms with Crippen LogP contribution in [-0.4, -0.2) is 19.7 Å². The topological polar surface area (TPSA) is 76.7 Å². The lowest BCUT2D eigenvalue weighted by Gasteiger charge is -1.99. The van der Waals surface area contributed by atoms with Gasteiger partial charge in [0.15, 0.2) is 11.4 Å². The van der Waals surface area contributed by atoms with Crippen molar-refractivity contribution in [1.29, 1.82) is 0 Å². The largest absolute Gasteiger partial charge is 0.420 e. The Balaban J connectivity index is 1.52. The molecule has 6 heteroatoms. The third kappa shape index (κ3) is 3.24. The average Bonchev–Trinajstić information content (AvgIpc) is 3.19. The van der Waals surface area contributed by atoms with Gasteiger partial charge in [0, 0.05) is 6.42 Å². The summed E-state index contributed by atoms with van der Waals surface area (Å²) in [6.07, 6.45) is 1.63. The molecule has 0 atom stereocenters. The molecule has 0 bridgehead atoms. The minimum absolute atomic E-state index is 0.313. The number of hydrogen-bond donors (Lipinski definition) is 1. The molecule has 0 saturated carbocycles. The Labute approximate surface area is 144 Å². The molecule has 0 spiro atoms. The van der Waals surface area contributed by atoms with Crippen LogP contribution < -0.4 is 5.76 Å². The Morgan fingerprint density at radius 1 is 1.12 bits per heavy atom. The zero-order valence-corrected chi connectivity index (χ0v) is 13.9. The van der Waals surface area contributed by atoms with Crippen molar-refractivity contribution in [3.63, 3.8) is 0 Å². The van der Waals surface area contributed by atoms with Gasteiger partial charge in [-0.2, -0.15) is 5.10 Å². The lowest BCUT2D eigenvalue weighted by molar-refractivity contribution is 0.514. The van der Waals surface area contributed by atoms with Gasteiger partial charge in [0.1, 0.15) is 5.82 Å². The predicted molar refractivity (Wildman–Crippen MR) is 94.5 cm³/mol. The third-order valence-electron chi connectivity index (χ3n) is 4.19. The van der Waals surface area contributed by atoms with Crippen LogP contribution >= 0.6 is 0 Å². The first kappa shape index (κ1) is 15.4. The zero-order valence-electron chi connectivity index (χ0n) is 13.9. The Morgan fingerprint density at radius 2 is 1.96 bits per heavy atom. The monoisotopic (exact) mass is 334 g/mol. The van der Waals surface area contributed by atoms with Crippen LogP contribution in [0.4, 0.5) is 0 Å². The molecule has 6 nitrogen and oxygen atoms in total. The van der Waals surface area contributed by atoms with Crippen LogP contribution in [0.3, 0.4) is 0 Å². The standard InChI is InChI=1S/C19H18N4O2/c1-13-7-9-16-15(11-13)23(19(24)25-16)12-18-20-17(21-22-18)10-8-14-5-3-2-4-6-14/h2-7,9,11H,8,10,12H2,1H3,(H,20,21,22). The van der Waals surface area contributed by atoms with Crippen molar-refractivity contribution in [2.24, 2.45) is 0 Å². The quantitative estimate of drug-likeness (QED) is 0.609. The highest BCUT2D eigenvalue weighted by molar-refractivity contribution is 5.73. The van der Waals surface area contributed by atoms with E-state index in [0.29, 0.717) is 18.0 Å². The van der Waals surface area contributed by atoms with Crippen LogP contribution in [-0.2, 0) is 19.4 Å². The van der Waals surface area contributed by atoms with Crippen molar-refractivity contribution in [3.8, 4) is 0 Å². The van der Waals surface area contributed by atoms with Gasteiger partial charge >= 0.3 is 5.76 Å². The van der Waals surface area contributed by atoms with Crippen LogP contribution in [0.2, 0.25) is 0 Å². The van der Waals surface area contributed by atoms with Crippen molar-refractivity contribution in [3.05, 3.63) is 81.9 Å². The van der Waals surface area contributed by atoms with Crippen LogP contribution in [0.25, 0.3) is 11.1 Å². The SMILES string of the molecule is Cc1ccc2oc(=O)n(Cc3nc(CCc4ccccc4)n[nH]3)c2c1. The second-order valence-corrected chi connectivity index (χ2v) is 6.11. The molecule has 0 aliphatic heterocycles. The average molecular weight is 334 g/mol. The van der Waals surface area contributed by atoms with Crippen LogP contribution in [0.1, 0.15) is 22.8 Å². The summed E-state index contributed by atoms with van der Waals surface area (Å²) < 4.78 is 6.86. The Morgan fingerprint density at radius 3 is 2.80 bits per heavy atom. The van der Waals surface area contributed by atoms with E-state index in [9.17, 15) is 4.79 Å². The summed E-state index contributed by atoms with van der Waals surface area (Å²) in [7, 11) is 0. The Bertz CT molecular complexity index is 1060. The third-order valence-corrected chi connectivity index (χ3v) is 4.19. The zero-order chi connectivity index (χ0) is 17.2. The van der Waals surface area contributed by atoms with E-state index in [4.69, 9.17) is 4.42 Å². The first-order chi connectivity index (χ1) is 12.2. The number of hydrogen-bond acceptors (Lipinski definition) is 4. The van der Waals surface area contributed by atoms with E-state index < -0.39 is 0 Å². The fourth-order valence-electron chi connectivity index (χ4n) is 2.89. The van der Waals surface area contributed by atoms with E-state index >= 15 is 0 Å². The molecule has 0 aliphatic rings. The maximum atomic E-state index is 12.1. The number of rotatable bonds is 5. The highest BCUT2D eigenvalue weighted by atomic mass is 16.4. The summed E-state index contributed by atoms with van der Waals surface area (Å²) in [4.78, 5) is 16.6. The van der Waals surface area contributed by atoms with Crippen molar-refractivity contribution >= 4 is 11.1 Å². The maximum absolute atomic E-state index is 12.1. The maximum Gasteiger partial charge on any atom is 0.420 e. The number of aryl methyl sites for hydroxylation is 3. The fourth-order valence-corrected chi connectivity index (χ4v) is 2.89. The van der Waals surface area contributed by atoms with Crippen molar-refractivity contribution in [1.82, 2.24) is 19.7 Å². The smallest absolute Gasteiger partial charge is 0.408 e. The van der Waals surface area contributed by atoms with Gasteiger partial charge in [-0.15, -0.1) is 0 Å². The molecule has 4 aromatic rings. The van der Waals surface area contributed by atoms with E-state index in [0.717, 1.165) is 29.7 Å². The second-order valence-electron chi connectivity index (χ2n) is 6.11. The molecule has 0 amide bonds. The van der Waals surface area contributed by atoms with Crippen LogP contribution in [0.5, 0.6) is 0 Å². The van der Waals surface area contributed by atoms with Crippen LogP contribution in [0.15, 0.2) is 57.7 Å². The van der Waals surface area contributed by atoms with E-state index in [1.54, 1.807) is 4.57 Å². The molecule has 2 aromatic heterocycles. The molecule has 126 valence electrons. The summed E-state index contributed by atoms with van der Waals surface area (Å²) in [6.45, 7) is 2.30. The van der Waals surface area contributed by atoms with Gasteiger partial charge in [-0.1, -0.05) is 36.4 Å². The molecule has 2 aromatic carbocycles. The van der Waals surface area contributed by atoms with E-state index in [1.807, 2.05) is 43.3 Å². The van der Waals surface area contributed by atoms with Gasteiger partial charge in [0.2, 0.25) is 0 Å². The lowest BCUT2D eigenvalue weighted by atomic mass is 10.1. The number of oxazole rings is 1. The molecule has 0 unspecified atom stereocenters. The number of H-pyrrole nitrogens is 1. The van der Waals surface area contributed by atoms with Crippen molar-refractivity contribution in [2.75, 3.05) is 0 Å².